The van der Waals surface area contributed by atoms with Gasteiger partial charge < -0.3 is 26.2 Å². The number of tetrazole rings is 1. The van der Waals surface area contributed by atoms with Crippen LogP contribution in [0.1, 0.15) is 11.5 Å². The summed E-state index contributed by atoms with van der Waals surface area (Å²) < 4.78 is 1.52. The zero-order valence-corrected chi connectivity index (χ0v) is 21.5. The first-order valence-corrected chi connectivity index (χ1v) is 11.3. The van der Waals surface area contributed by atoms with Gasteiger partial charge in [0.25, 0.3) is 11.8 Å². The maximum Gasteiger partial charge on any atom is 1.00 e. The van der Waals surface area contributed by atoms with Gasteiger partial charge in [-0.15, -0.1) is 28.2 Å². The number of rotatable bonds is 7. The number of hydrogen-bond donors (Lipinski definition) is 3. The Morgan fingerprint density at radius 1 is 1.47 bits per heavy atom. The number of β-lactam (4-membered cyclic amide) rings is 1. The molecule has 0 radical (unpaired) electrons. The number of carbonyl (C=O) groups is 3. The van der Waals surface area contributed by atoms with Crippen molar-refractivity contribution in [2.75, 3.05) is 11.5 Å². The molecule has 0 saturated carbocycles. The van der Waals surface area contributed by atoms with Crippen LogP contribution in [0.2, 0.25) is 0 Å². The van der Waals surface area contributed by atoms with E-state index in [-0.39, 0.29) is 51.8 Å². The fourth-order valence-electron chi connectivity index (χ4n) is 3.29. The van der Waals surface area contributed by atoms with Crippen molar-refractivity contribution in [2.45, 2.75) is 24.9 Å². The Labute approximate surface area is 222 Å². The second-order valence-corrected chi connectivity index (χ2v) is 8.85. The second kappa shape index (κ2) is 10.6. The first-order chi connectivity index (χ1) is 15.8. The number of allylic oxidation sites excluding steroid dienone is 2. The number of aryl methyl sites for hydroxylation is 1. The number of thiazole rings is 1. The van der Waals surface area contributed by atoms with Gasteiger partial charge in [-0.25, -0.2) is 9.67 Å². The predicted molar refractivity (Wildman–Crippen MR) is 114 cm³/mol. The number of amides is 2. The number of anilines is 1. The molecule has 14 nitrogen and oxygen atoms in total. The van der Waals surface area contributed by atoms with Gasteiger partial charge in [0.2, 0.25) is 0 Å². The third-order valence-corrected chi connectivity index (χ3v) is 6.84. The first-order valence-electron chi connectivity index (χ1n) is 9.34. The van der Waals surface area contributed by atoms with Crippen LogP contribution in [-0.2, 0) is 20.9 Å². The monoisotopic (exact) mass is 513 g/mol. The van der Waals surface area contributed by atoms with Gasteiger partial charge in [-0.3, -0.25) is 14.5 Å². The number of fused-ring (bicyclic) bond motifs is 1. The van der Waals surface area contributed by atoms with E-state index in [1.807, 2.05) is 0 Å². The summed E-state index contributed by atoms with van der Waals surface area (Å²) in [7, 11) is 0. The number of nitrogens with two attached hydrogens (primary N) is 1. The Bertz CT molecular complexity index is 1220. The minimum absolute atomic E-state index is 0. The molecule has 1 saturated heterocycles. The van der Waals surface area contributed by atoms with Crippen molar-refractivity contribution in [1.29, 1.82) is 0 Å². The molecule has 2 aromatic heterocycles. The third-order valence-electron chi connectivity index (χ3n) is 4.87. The maximum atomic E-state index is 12.7. The molecule has 0 bridgehead atoms. The zero-order chi connectivity index (χ0) is 23.7. The summed E-state index contributed by atoms with van der Waals surface area (Å²) in [5.74, 6) is -2.12. The Morgan fingerprint density at radius 3 is 2.82 bits per heavy atom. The van der Waals surface area contributed by atoms with Gasteiger partial charge in [0.15, 0.2) is 10.8 Å². The van der Waals surface area contributed by atoms with E-state index in [9.17, 15) is 24.7 Å². The number of carboxylic acids is 1. The Morgan fingerprint density at radius 2 is 2.24 bits per heavy atom. The number of nitrogens with one attached hydrogen (secondary N) is 1. The van der Waals surface area contributed by atoms with E-state index in [0.717, 1.165) is 16.2 Å². The van der Waals surface area contributed by atoms with E-state index < -0.39 is 34.9 Å². The first kappa shape index (κ1) is 25.8. The number of nitrogens with zero attached hydrogens (tertiary/aromatic N) is 7. The molecule has 2 atom stereocenters. The summed E-state index contributed by atoms with van der Waals surface area (Å²) in [5.41, 5.74) is 5.30. The van der Waals surface area contributed by atoms with Crippen LogP contribution in [0, 0.1) is 6.92 Å². The van der Waals surface area contributed by atoms with Crippen molar-refractivity contribution < 1.29 is 54.3 Å². The van der Waals surface area contributed by atoms with Crippen molar-refractivity contribution in [3.63, 3.8) is 0 Å². The van der Waals surface area contributed by atoms with Gasteiger partial charge in [-0.2, -0.15) is 0 Å². The average molecular weight is 513 g/mol. The van der Waals surface area contributed by atoms with Crippen LogP contribution in [0.3, 0.4) is 0 Å². The summed E-state index contributed by atoms with van der Waals surface area (Å²) in [6.45, 7) is 2.04. The molecular weight excluding hydrogens is 497 g/mol. The molecule has 2 amide bonds. The van der Waals surface area contributed by atoms with Crippen molar-refractivity contribution in [1.82, 2.24) is 35.4 Å². The van der Waals surface area contributed by atoms with E-state index in [1.54, 1.807) is 19.1 Å². The van der Waals surface area contributed by atoms with Crippen LogP contribution < -0.4 is 45.7 Å². The summed E-state index contributed by atoms with van der Waals surface area (Å²) in [4.78, 5) is 42.0. The summed E-state index contributed by atoms with van der Waals surface area (Å²) in [6, 6.07) is -1.01. The van der Waals surface area contributed by atoms with Crippen LogP contribution in [-0.4, -0.2) is 76.0 Å². The zero-order valence-electron chi connectivity index (χ0n) is 17.9. The molecule has 2 aliphatic rings. The molecular formula is C17H16N9NaO5S2. The standard InChI is InChI=1S/C17H17N9O5S2.Na/c1-7-21-23-24-25(7)4-2-3-8-5-32-15-11(14(28)26(15)12(8)16(29)30)20-13(27)10(22-31)9-6-33-17(18)19-9;/h2-3,6,11,15,31H,4-5H2,1H3,(H2,18,19)(H,20,27)(H,29,30);/q;+1/p-1/b3-2+,22-10?;/t11?,15-;/m1./s1. The number of carbonyl (C=O) groups excluding carboxylic acids is 3. The fourth-order valence-corrected chi connectivity index (χ4v) is 5.16. The number of hydrogen-bond acceptors (Lipinski definition) is 13. The van der Waals surface area contributed by atoms with E-state index in [2.05, 4.69) is 31.0 Å². The van der Waals surface area contributed by atoms with E-state index in [1.165, 1.54) is 21.8 Å². The number of thioether (sulfide) groups is 1. The van der Waals surface area contributed by atoms with Crippen LogP contribution in [0.5, 0.6) is 0 Å². The van der Waals surface area contributed by atoms with Gasteiger partial charge in [-0.1, -0.05) is 17.3 Å². The Hall–Kier alpha value is -2.79. The third kappa shape index (κ3) is 4.85. The molecule has 1 unspecified atom stereocenters. The minimum Gasteiger partial charge on any atom is -0.543 e. The molecule has 0 spiro atoms. The topological polar surface area (TPSA) is 205 Å². The average Bonchev–Trinajstić information content (AvgIpc) is 3.39. The molecule has 0 aliphatic carbocycles. The molecule has 2 aromatic rings. The van der Waals surface area contributed by atoms with Crippen molar-refractivity contribution >= 4 is 51.7 Å². The summed E-state index contributed by atoms with van der Waals surface area (Å²) in [5, 5.41) is 38.5. The molecule has 34 heavy (non-hydrogen) atoms. The second-order valence-electron chi connectivity index (χ2n) is 6.85. The molecule has 17 heteroatoms. The van der Waals surface area contributed by atoms with Crippen LogP contribution in [0.4, 0.5) is 5.13 Å². The smallest absolute Gasteiger partial charge is 0.543 e. The number of carboxylic acid groups (broad SMARTS) is 1. The molecule has 4 rings (SSSR count). The van der Waals surface area contributed by atoms with Crippen LogP contribution in [0.15, 0.2) is 34.0 Å². The molecule has 4 N–H and O–H groups in total. The van der Waals surface area contributed by atoms with E-state index >= 15 is 0 Å². The Kier molecular flexibility index (Phi) is 8.09. The number of nitrogen functional groups attached to an aromatic ring is 1. The Balaban J connectivity index is 0.00000324. The number of aromatic nitrogens is 5. The number of aliphatic carboxylic acids is 1. The minimum atomic E-state index is -1.51. The quantitative estimate of drug-likeness (QED) is 0.105. The van der Waals surface area contributed by atoms with Gasteiger partial charge >= 0.3 is 29.6 Å². The summed E-state index contributed by atoms with van der Waals surface area (Å²) >= 11 is 2.32. The predicted octanol–water partition coefficient (Wildman–Crippen LogP) is -5.14. The van der Waals surface area contributed by atoms with Crippen molar-refractivity contribution in [2.24, 2.45) is 5.16 Å². The van der Waals surface area contributed by atoms with Crippen molar-refractivity contribution in [3.8, 4) is 0 Å². The molecule has 172 valence electrons. The van der Waals surface area contributed by atoms with Crippen LogP contribution in [0.25, 0.3) is 0 Å². The van der Waals surface area contributed by atoms with E-state index in [4.69, 9.17) is 5.73 Å². The number of oxime groups is 1. The van der Waals surface area contributed by atoms with Gasteiger partial charge in [0.05, 0.1) is 18.2 Å². The largest absolute Gasteiger partial charge is 1.00 e. The molecule has 1 fully saturated rings. The van der Waals surface area contributed by atoms with Crippen LogP contribution >= 0.6 is 23.1 Å². The van der Waals surface area contributed by atoms with Gasteiger partial charge in [0, 0.05) is 11.1 Å². The van der Waals surface area contributed by atoms with E-state index in [0.29, 0.717) is 17.9 Å². The van der Waals surface area contributed by atoms with Crippen molar-refractivity contribution in [3.05, 3.63) is 40.3 Å². The normalized spacial score (nSPS) is 20.1. The maximum absolute atomic E-state index is 12.7. The molecule has 0 aromatic carbocycles. The fraction of sp³-hybridized carbons (Fsp3) is 0.294. The SMILES string of the molecule is Cc1nnnn1C/C=C/C1=C(C(=O)[O-])N2C(=O)C(NC(=O)C(=NO)c3csc(N)n3)[C@H]2SC1.[Na+]. The molecule has 4 heterocycles. The van der Waals surface area contributed by atoms with Gasteiger partial charge in [-0.05, 0) is 22.9 Å². The molecule has 2 aliphatic heterocycles. The summed E-state index contributed by atoms with van der Waals surface area (Å²) in [6.07, 6.45) is 3.26. The van der Waals surface area contributed by atoms with Gasteiger partial charge in [0.1, 0.15) is 22.9 Å².